The molecule has 1 aliphatic rings. The van der Waals surface area contributed by atoms with E-state index >= 15 is 0 Å². The van der Waals surface area contributed by atoms with E-state index in [1.54, 1.807) is 12.3 Å². The second-order valence-electron chi connectivity index (χ2n) is 6.53. The predicted molar refractivity (Wildman–Crippen MR) is 85.3 cm³/mol. The van der Waals surface area contributed by atoms with Crippen LogP contribution in [0.4, 0.5) is 4.39 Å². The molecule has 22 heavy (non-hydrogen) atoms. The summed E-state index contributed by atoms with van der Waals surface area (Å²) >= 11 is 0. The molecule has 2 aromatic rings. The van der Waals surface area contributed by atoms with E-state index in [0.29, 0.717) is 11.3 Å². The van der Waals surface area contributed by atoms with Crippen LogP contribution in [0.1, 0.15) is 27.7 Å². The molecule has 1 saturated heterocycles. The zero-order valence-electron chi connectivity index (χ0n) is 13.3. The van der Waals surface area contributed by atoms with Crippen LogP contribution in [-0.2, 0) is 9.31 Å². The molecule has 5 heteroatoms. The second kappa shape index (κ2) is 5.18. The Balaban J connectivity index is 2.06. The maximum absolute atomic E-state index is 13.7. The van der Waals surface area contributed by atoms with E-state index in [1.807, 2.05) is 45.9 Å². The van der Waals surface area contributed by atoms with Gasteiger partial charge in [-0.05, 0) is 57.4 Å². The third-order valence-electron chi connectivity index (χ3n) is 4.46. The number of hydrogen-bond donors (Lipinski definition) is 0. The molecule has 0 aliphatic carbocycles. The van der Waals surface area contributed by atoms with Crippen molar-refractivity contribution in [2.24, 2.45) is 0 Å². The summed E-state index contributed by atoms with van der Waals surface area (Å²) in [6.45, 7) is 7.99. The molecule has 0 spiro atoms. The van der Waals surface area contributed by atoms with Crippen molar-refractivity contribution in [3.63, 3.8) is 0 Å². The van der Waals surface area contributed by atoms with Crippen molar-refractivity contribution in [1.82, 2.24) is 4.98 Å². The van der Waals surface area contributed by atoms with E-state index in [9.17, 15) is 4.39 Å². The van der Waals surface area contributed by atoms with Crippen molar-refractivity contribution < 1.29 is 13.7 Å². The summed E-state index contributed by atoms with van der Waals surface area (Å²) in [5.74, 6) is -0.305. The van der Waals surface area contributed by atoms with Crippen molar-refractivity contribution in [3.05, 3.63) is 48.4 Å². The summed E-state index contributed by atoms with van der Waals surface area (Å²) in [7, 11) is -0.539. The maximum atomic E-state index is 13.7. The highest BCUT2D eigenvalue weighted by molar-refractivity contribution is 6.63. The minimum absolute atomic E-state index is 0.305. The molecule has 0 bridgehead atoms. The molecule has 3 nitrogen and oxygen atoms in total. The van der Waals surface area contributed by atoms with Gasteiger partial charge in [-0.1, -0.05) is 12.1 Å². The minimum Gasteiger partial charge on any atom is -0.399 e. The lowest BCUT2D eigenvalue weighted by molar-refractivity contribution is 0.00578. The van der Waals surface area contributed by atoms with Crippen molar-refractivity contribution in [3.8, 4) is 11.3 Å². The third kappa shape index (κ3) is 2.55. The van der Waals surface area contributed by atoms with E-state index in [1.165, 1.54) is 12.1 Å². The second-order valence-corrected chi connectivity index (χ2v) is 6.53. The van der Waals surface area contributed by atoms with Gasteiger partial charge in [-0.2, -0.15) is 0 Å². The molecule has 114 valence electrons. The number of nitrogens with zero attached hydrogens (tertiary/aromatic N) is 1. The summed E-state index contributed by atoms with van der Waals surface area (Å²) < 4.78 is 25.9. The van der Waals surface area contributed by atoms with E-state index in [-0.39, 0.29) is 5.82 Å². The lowest BCUT2D eigenvalue weighted by Crippen LogP contribution is -2.41. The summed E-state index contributed by atoms with van der Waals surface area (Å²) in [6, 6.07) is 10.2. The molecule has 2 heterocycles. The fraction of sp³-hybridized carbons (Fsp3) is 0.353. The van der Waals surface area contributed by atoms with Crippen LogP contribution in [0.3, 0.4) is 0 Å². The highest BCUT2D eigenvalue weighted by Crippen LogP contribution is 2.37. The van der Waals surface area contributed by atoms with Crippen LogP contribution < -0.4 is 5.46 Å². The first-order valence-corrected chi connectivity index (χ1v) is 7.37. The van der Waals surface area contributed by atoms with Gasteiger partial charge in [-0.25, -0.2) is 4.39 Å². The van der Waals surface area contributed by atoms with Crippen molar-refractivity contribution in [1.29, 1.82) is 0 Å². The molecule has 1 fully saturated rings. The van der Waals surface area contributed by atoms with Gasteiger partial charge in [0, 0.05) is 11.8 Å². The number of halogens is 1. The van der Waals surface area contributed by atoms with Crippen LogP contribution in [-0.4, -0.2) is 23.3 Å². The summed E-state index contributed by atoms with van der Waals surface area (Å²) in [6.07, 6.45) is 1.69. The molecule has 0 N–H and O–H groups in total. The van der Waals surface area contributed by atoms with Gasteiger partial charge >= 0.3 is 7.12 Å². The Kier molecular flexibility index (Phi) is 3.58. The SMILES string of the molecule is CC1(C)OB(c2ccc(F)cc2-c2ccccn2)OC1(C)C. The van der Waals surface area contributed by atoms with Gasteiger partial charge in [0.1, 0.15) is 5.82 Å². The Morgan fingerprint density at radius 3 is 2.27 bits per heavy atom. The van der Waals surface area contributed by atoms with Crippen LogP contribution in [0.25, 0.3) is 11.3 Å². The normalized spacial score (nSPS) is 19.4. The van der Waals surface area contributed by atoms with Gasteiger partial charge in [0.25, 0.3) is 0 Å². The number of pyridine rings is 1. The topological polar surface area (TPSA) is 31.4 Å². The van der Waals surface area contributed by atoms with Gasteiger partial charge in [-0.15, -0.1) is 0 Å². The Labute approximate surface area is 130 Å². The van der Waals surface area contributed by atoms with Crippen LogP contribution in [0.15, 0.2) is 42.6 Å². The molecule has 0 unspecified atom stereocenters. The standard InChI is InChI=1S/C17H19BFNO2/c1-16(2)17(3,4)22-18(21-16)14-9-8-12(19)11-13(14)15-7-5-6-10-20-15/h5-11H,1-4H3. The van der Waals surface area contributed by atoms with Crippen LogP contribution in [0, 0.1) is 5.82 Å². The lowest BCUT2D eigenvalue weighted by atomic mass is 9.75. The van der Waals surface area contributed by atoms with Crippen molar-refractivity contribution in [2.45, 2.75) is 38.9 Å². The molecule has 0 amide bonds. The van der Waals surface area contributed by atoms with E-state index in [0.717, 1.165) is 5.46 Å². The fourth-order valence-corrected chi connectivity index (χ4v) is 2.45. The molecule has 3 rings (SSSR count). The van der Waals surface area contributed by atoms with Gasteiger partial charge in [0.05, 0.1) is 16.9 Å². The van der Waals surface area contributed by atoms with Crippen LogP contribution in [0.2, 0.25) is 0 Å². The molecular formula is C17H19BFNO2. The lowest BCUT2D eigenvalue weighted by Gasteiger charge is -2.32. The van der Waals surface area contributed by atoms with Crippen LogP contribution >= 0.6 is 0 Å². The first-order valence-electron chi connectivity index (χ1n) is 7.37. The van der Waals surface area contributed by atoms with Gasteiger partial charge in [-0.3, -0.25) is 4.98 Å². The molecule has 0 radical (unpaired) electrons. The molecular weight excluding hydrogens is 280 g/mol. The average molecular weight is 299 g/mol. The zero-order valence-corrected chi connectivity index (χ0v) is 13.3. The number of rotatable bonds is 2. The zero-order chi connectivity index (χ0) is 16.0. The Hall–Kier alpha value is -1.72. The van der Waals surface area contributed by atoms with Crippen LogP contribution in [0.5, 0.6) is 0 Å². The van der Waals surface area contributed by atoms with Gasteiger partial charge < -0.3 is 9.31 Å². The minimum atomic E-state index is -0.539. The van der Waals surface area contributed by atoms with Crippen molar-refractivity contribution >= 4 is 12.6 Å². The Morgan fingerprint density at radius 1 is 1.00 bits per heavy atom. The molecule has 1 aromatic heterocycles. The first kappa shape index (κ1) is 15.2. The smallest absolute Gasteiger partial charge is 0.399 e. The van der Waals surface area contributed by atoms with E-state index < -0.39 is 18.3 Å². The third-order valence-corrected chi connectivity index (χ3v) is 4.46. The molecule has 0 atom stereocenters. The molecule has 1 aliphatic heterocycles. The maximum Gasteiger partial charge on any atom is 0.495 e. The molecule has 0 saturated carbocycles. The average Bonchev–Trinajstić information content (AvgIpc) is 2.68. The summed E-state index contributed by atoms with van der Waals surface area (Å²) in [5.41, 5.74) is 1.31. The Bertz CT molecular complexity index is 672. The Morgan fingerprint density at radius 2 is 1.68 bits per heavy atom. The largest absolute Gasteiger partial charge is 0.495 e. The van der Waals surface area contributed by atoms with Crippen molar-refractivity contribution in [2.75, 3.05) is 0 Å². The number of aromatic nitrogens is 1. The molecule has 1 aromatic carbocycles. The monoisotopic (exact) mass is 299 g/mol. The first-order chi connectivity index (χ1) is 10.3. The van der Waals surface area contributed by atoms with Gasteiger partial charge in [0.2, 0.25) is 0 Å². The summed E-state index contributed by atoms with van der Waals surface area (Å²) in [4.78, 5) is 4.32. The highest BCUT2D eigenvalue weighted by atomic mass is 19.1. The fourth-order valence-electron chi connectivity index (χ4n) is 2.45. The van der Waals surface area contributed by atoms with E-state index in [2.05, 4.69) is 4.98 Å². The summed E-state index contributed by atoms with van der Waals surface area (Å²) in [5, 5.41) is 0. The number of hydrogen-bond acceptors (Lipinski definition) is 3. The number of benzene rings is 1. The predicted octanol–water partition coefficient (Wildman–Crippen LogP) is 3.19. The quantitative estimate of drug-likeness (QED) is 0.798. The highest BCUT2D eigenvalue weighted by Gasteiger charge is 2.52. The van der Waals surface area contributed by atoms with Gasteiger partial charge in [0.15, 0.2) is 0 Å². The van der Waals surface area contributed by atoms with E-state index in [4.69, 9.17) is 9.31 Å².